The molecule has 0 aliphatic carbocycles. The smallest absolute Gasteiger partial charge is 0.252 e. The lowest BCUT2D eigenvalue weighted by atomic mass is 9.96. The Labute approximate surface area is 199 Å². The molecule has 3 heterocycles. The Balaban J connectivity index is 1.50. The molecule has 0 spiro atoms. The maximum absolute atomic E-state index is 12.2. The molecule has 1 aromatic carbocycles. The van der Waals surface area contributed by atoms with E-state index in [0.717, 1.165) is 23.6 Å². The van der Waals surface area contributed by atoms with Gasteiger partial charge in [-0.1, -0.05) is 54.9 Å². The van der Waals surface area contributed by atoms with Crippen LogP contribution in [0.2, 0.25) is 5.15 Å². The van der Waals surface area contributed by atoms with Crippen LogP contribution in [0, 0.1) is 0 Å². The number of hydrogen-bond acceptors (Lipinski definition) is 6. The molecule has 1 aliphatic rings. The van der Waals surface area contributed by atoms with Gasteiger partial charge in [0.2, 0.25) is 0 Å². The van der Waals surface area contributed by atoms with Crippen molar-refractivity contribution in [3.8, 4) is 0 Å². The number of anilines is 2. The minimum absolute atomic E-state index is 0.0550. The van der Waals surface area contributed by atoms with Crippen LogP contribution >= 0.6 is 11.6 Å². The van der Waals surface area contributed by atoms with Crippen LogP contribution in [0.15, 0.2) is 60.9 Å². The van der Waals surface area contributed by atoms with Gasteiger partial charge in [-0.2, -0.15) is 0 Å². The van der Waals surface area contributed by atoms with Crippen molar-refractivity contribution in [2.24, 2.45) is 0 Å². The number of carbonyl (C=O) groups is 1. The molecule has 8 heteroatoms. The summed E-state index contributed by atoms with van der Waals surface area (Å²) in [5.74, 6) is 0.894. The number of halogens is 1. The second-order valence-corrected chi connectivity index (χ2v) is 8.61. The van der Waals surface area contributed by atoms with Gasteiger partial charge in [0, 0.05) is 32.0 Å². The van der Waals surface area contributed by atoms with Crippen LogP contribution in [0.1, 0.15) is 47.3 Å². The molecule has 4 rings (SSSR count). The highest BCUT2D eigenvalue weighted by Crippen LogP contribution is 2.30. The minimum atomic E-state index is -0.119. The highest BCUT2D eigenvalue weighted by molar-refractivity contribution is 6.29. The zero-order chi connectivity index (χ0) is 23.2. The number of fused-ring (bicyclic) bond motifs is 1. The molecule has 0 radical (unpaired) electrons. The number of pyridine rings is 2. The molecule has 3 atom stereocenters. The number of carbonyl (C=O) groups excluding carboxylic acids is 1. The normalized spacial score (nSPS) is 16.6. The van der Waals surface area contributed by atoms with Crippen LogP contribution in [0.25, 0.3) is 0 Å². The minimum Gasteiger partial charge on any atom is -0.380 e. The fourth-order valence-corrected chi connectivity index (χ4v) is 4.11. The molecule has 7 nitrogen and oxygen atoms in total. The Kier molecular flexibility index (Phi) is 7.42. The van der Waals surface area contributed by atoms with Crippen molar-refractivity contribution in [1.82, 2.24) is 20.6 Å². The van der Waals surface area contributed by atoms with Crippen molar-refractivity contribution in [2.75, 3.05) is 30.3 Å². The van der Waals surface area contributed by atoms with Gasteiger partial charge in [-0.05, 0) is 36.1 Å². The third-order valence-electron chi connectivity index (χ3n) is 5.85. The number of benzene rings is 1. The van der Waals surface area contributed by atoms with Gasteiger partial charge in [0.15, 0.2) is 0 Å². The summed E-state index contributed by atoms with van der Waals surface area (Å²) in [7, 11) is 0. The third kappa shape index (κ3) is 5.61. The maximum atomic E-state index is 12.2. The molecule has 1 aliphatic heterocycles. The summed E-state index contributed by atoms with van der Waals surface area (Å²) in [5.41, 5.74) is 3.72. The van der Waals surface area contributed by atoms with Gasteiger partial charge >= 0.3 is 0 Å². The highest BCUT2D eigenvalue weighted by atomic mass is 35.5. The van der Waals surface area contributed by atoms with E-state index in [-0.39, 0.29) is 23.9 Å². The maximum Gasteiger partial charge on any atom is 0.252 e. The van der Waals surface area contributed by atoms with Crippen molar-refractivity contribution in [2.45, 2.75) is 31.8 Å². The number of nitrogens with one attached hydrogen (secondary N) is 4. The Morgan fingerprint density at radius 2 is 1.97 bits per heavy atom. The van der Waals surface area contributed by atoms with E-state index >= 15 is 0 Å². The van der Waals surface area contributed by atoms with Gasteiger partial charge in [0.25, 0.3) is 5.91 Å². The monoisotopic (exact) mass is 464 g/mol. The van der Waals surface area contributed by atoms with E-state index in [1.54, 1.807) is 6.20 Å². The standard InChI is InChI=1S/C25H29ClN6O/c1-3-27-25(33)19-11-20-24(31-14-19)32-21(15-28-20)23(17-7-5-4-6-8-17)30-12-16(2)18-9-10-22(26)29-13-18/h4-11,13-14,16,21,23,28,30H,3,12,15H2,1-2H3,(H,27,33)(H,31,32)/t16-,21-,23-/m1/s1. The molecule has 3 aromatic rings. The fraction of sp³-hybridized carbons (Fsp3) is 0.320. The summed E-state index contributed by atoms with van der Waals surface area (Å²) in [6.45, 7) is 6.12. The van der Waals surface area contributed by atoms with Crippen LogP contribution in [0.3, 0.4) is 0 Å². The van der Waals surface area contributed by atoms with Gasteiger partial charge in [-0.3, -0.25) is 4.79 Å². The van der Waals surface area contributed by atoms with Crippen LogP contribution in [-0.2, 0) is 0 Å². The highest BCUT2D eigenvalue weighted by Gasteiger charge is 2.28. The summed E-state index contributed by atoms with van der Waals surface area (Å²) in [4.78, 5) is 20.9. The summed E-state index contributed by atoms with van der Waals surface area (Å²) in [6, 6.07) is 16.2. The molecule has 0 fully saturated rings. The third-order valence-corrected chi connectivity index (χ3v) is 6.07. The van der Waals surface area contributed by atoms with Crippen molar-refractivity contribution >= 4 is 29.0 Å². The van der Waals surface area contributed by atoms with Crippen LogP contribution in [-0.4, -0.2) is 41.6 Å². The average molecular weight is 465 g/mol. The number of aromatic nitrogens is 2. The quantitative estimate of drug-likeness (QED) is 0.373. The molecular formula is C25H29ClN6O. The van der Waals surface area contributed by atoms with Crippen molar-refractivity contribution in [3.05, 3.63) is 82.8 Å². The van der Waals surface area contributed by atoms with Crippen LogP contribution in [0.4, 0.5) is 11.5 Å². The summed E-state index contributed by atoms with van der Waals surface area (Å²) in [5, 5.41) is 14.1. The van der Waals surface area contributed by atoms with E-state index in [4.69, 9.17) is 11.6 Å². The zero-order valence-corrected chi connectivity index (χ0v) is 19.6. The molecule has 0 bridgehead atoms. The van der Waals surface area contributed by atoms with Crippen molar-refractivity contribution < 1.29 is 4.79 Å². The molecule has 4 N–H and O–H groups in total. The predicted octanol–water partition coefficient (Wildman–Crippen LogP) is 4.22. The zero-order valence-electron chi connectivity index (χ0n) is 18.8. The van der Waals surface area contributed by atoms with E-state index < -0.39 is 0 Å². The molecule has 0 saturated heterocycles. The van der Waals surface area contributed by atoms with Crippen LogP contribution < -0.4 is 21.3 Å². The Morgan fingerprint density at radius 3 is 2.70 bits per heavy atom. The summed E-state index contributed by atoms with van der Waals surface area (Å²) >= 11 is 5.94. The molecule has 0 unspecified atom stereocenters. The van der Waals surface area contributed by atoms with E-state index in [1.807, 2.05) is 37.4 Å². The summed E-state index contributed by atoms with van der Waals surface area (Å²) < 4.78 is 0. The first-order chi connectivity index (χ1) is 16.0. The molecule has 0 saturated carbocycles. The number of rotatable bonds is 8. The topological polar surface area (TPSA) is 91.0 Å². The van der Waals surface area contributed by atoms with E-state index in [2.05, 4.69) is 62.4 Å². The molecule has 172 valence electrons. The van der Waals surface area contributed by atoms with Gasteiger partial charge in [-0.15, -0.1) is 0 Å². The first-order valence-corrected chi connectivity index (χ1v) is 11.6. The van der Waals surface area contributed by atoms with Gasteiger partial charge in [-0.25, -0.2) is 9.97 Å². The Morgan fingerprint density at radius 1 is 1.15 bits per heavy atom. The molecule has 33 heavy (non-hydrogen) atoms. The molecule has 2 aromatic heterocycles. The number of amides is 1. The predicted molar refractivity (Wildman–Crippen MR) is 133 cm³/mol. The Hall–Kier alpha value is -3.16. The lowest BCUT2D eigenvalue weighted by Gasteiger charge is -2.35. The van der Waals surface area contributed by atoms with E-state index in [0.29, 0.717) is 23.8 Å². The van der Waals surface area contributed by atoms with E-state index in [9.17, 15) is 4.79 Å². The van der Waals surface area contributed by atoms with Crippen molar-refractivity contribution in [1.29, 1.82) is 0 Å². The van der Waals surface area contributed by atoms with Crippen LogP contribution in [0.5, 0.6) is 0 Å². The number of hydrogen-bond donors (Lipinski definition) is 4. The lowest BCUT2D eigenvalue weighted by Crippen LogP contribution is -2.45. The lowest BCUT2D eigenvalue weighted by molar-refractivity contribution is 0.0955. The van der Waals surface area contributed by atoms with Gasteiger partial charge in [0.05, 0.1) is 23.3 Å². The first kappa shape index (κ1) is 23.0. The fourth-order valence-electron chi connectivity index (χ4n) is 4.00. The molecular weight excluding hydrogens is 436 g/mol. The number of nitrogens with zero attached hydrogens (tertiary/aromatic N) is 2. The summed E-state index contributed by atoms with van der Waals surface area (Å²) in [6.07, 6.45) is 3.44. The average Bonchev–Trinajstić information content (AvgIpc) is 2.85. The molecule has 1 amide bonds. The SMILES string of the molecule is CCNC(=O)c1cnc2c(c1)NC[C@H]([C@H](NC[C@@H](C)c1ccc(Cl)nc1)c1ccccc1)N2. The first-order valence-electron chi connectivity index (χ1n) is 11.2. The van der Waals surface area contributed by atoms with Gasteiger partial charge < -0.3 is 21.3 Å². The van der Waals surface area contributed by atoms with Gasteiger partial charge in [0.1, 0.15) is 11.0 Å². The van der Waals surface area contributed by atoms with Crippen molar-refractivity contribution in [3.63, 3.8) is 0 Å². The largest absolute Gasteiger partial charge is 0.380 e. The van der Waals surface area contributed by atoms with E-state index in [1.165, 1.54) is 5.56 Å². The second-order valence-electron chi connectivity index (χ2n) is 8.22. The Bertz CT molecular complexity index is 1080. The second kappa shape index (κ2) is 10.6.